The molecule has 0 fully saturated rings. The molecule has 1 amide bonds. The lowest BCUT2D eigenvalue weighted by atomic mass is 10.1. The zero-order valence-corrected chi connectivity index (χ0v) is 13.0. The van der Waals surface area contributed by atoms with Crippen molar-refractivity contribution in [3.05, 3.63) is 52.0 Å². The molecule has 23 heavy (non-hydrogen) atoms. The molecule has 0 aliphatic rings. The lowest BCUT2D eigenvalue weighted by Gasteiger charge is -2.10. The van der Waals surface area contributed by atoms with Crippen LogP contribution in [0.4, 0.5) is 15.9 Å². The summed E-state index contributed by atoms with van der Waals surface area (Å²) in [6, 6.07) is 4.49. The van der Waals surface area contributed by atoms with Gasteiger partial charge in [-0.2, -0.15) is 4.98 Å². The van der Waals surface area contributed by atoms with Crippen LogP contribution in [0.1, 0.15) is 10.4 Å². The number of nitrogens with zero attached hydrogens (tertiary/aromatic N) is 3. The van der Waals surface area contributed by atoms with Crippen LogP contribution < -0.4 is 11.1 Å². The van der Waals surface area contributed by atoms with E-state index >= 15 is 0 Å². The Balaban J connectivity index is 1.94. The van der Waals surface area contributed by atoms with Crippen molar-refractivity contribution in [2.75, 3.05) is 5.32 Å². The highest BCUT2D eigenvalue weighted by molar-refractivity contribution is 7.07. The van der Waals surface area contributed by atoms with Gasteiger partial charge in [-0.3, -0.25) is 4.79 Å². The number of nitrogens with one attached hydrogen (secondary N) is 1. The van der Waals surface area contributed by atoms with Crippen molar-refractivity contribution in [1.82, 2.24) is 15.0 Å². The summed E-state index contributed by atoms with van der Waals surface area (Å²) in [6.07, 6.45) is 1.21. The van der Waals surface area contributed by atoms with Crippen LogP contribution in [0.15, 0.2) is 35.3 Å². The lowest BCUT2D eigenvalue weighted by Crippen LogP contribution is -2.15. The average Bonchev–Trinajstić information content (AvgIpc) is 3.01. The summed E-state index contributed by atoms with van der Waals surface area (Å²) < 4.78 is 14.2. The van der Waals surface area contributed by atoms with E-state index in [1.165, 1.54) is 23.6 Å². The molecule has 0 saturated heterocycles. The molecule has 0 aliphatic carbocycles. The second-order valence-corrected chi connectivity index (χ2v) is 5.52. The second-order valence-electron chi connectivity index (χ2n) is 4.46. The molecule has 0 radical (unpaired) electrons. The van der Waals surface area contributed by atoms with E-state index in [9.17, 15) is 9.18 Å². The number of thiazole rings is 1. The van der Waals surface area contributed by atoms with E-state index in [1.807, 2.05) is 0 Å². The van der Waals surface area contributed by atoms with Crippen LogP contribution in [0.2, 0.25) is 5.28 Å². The Morgan fingerprint density at radius 1 is 1.35 bits per heavy atom. The van der Waals surface area contributed by atoms with Gasteiger partial charge in [-0.15, -0.1) is 11.3 Å². The van der Waals surface area contributed by atoms with E-state index in [-0.39, 0.29) is 16.7 Å². The third kappa shape index (κ3) is 3.27. The number of nitrogens with two attached hydrogens (primary N) is 1. The first kappa shape index (κ1) is 15.3. The zero-order valence-electron chi connectivity index (χ0n) is 11.5. The first-order chi connectivity index (χ1) is 11.0. The van der Waals surface area contributed by atoms with Gasteiger partial charge in [-0.05, 0) is 29.8 Å². The molecule has 0 bridgehead atoms. The van der Waals surface area contributed by atoms with E-state index in [1.54, 1.807) is 23.0 Å². The predicted octanol–water partition coefficient (Wildman–Crippen LogP) is 3.24. The number of anilines is 2. The summed E-state index contributed by atoms with van der Waals surface area (Å²) in [6.45, 7) is 0. The summed E-state index contributed by atoms with van der Waals surface area (Å²) in [7, 11) is 0. The Bertz CT molecular complexity index is 872. The summed E-state index contributed by atoms with van der Waals surface area (Å²) in [5.74, 6) is -1.07. The second kappa shape index (κ2) is 6.27. The highest BCUT2D eigenvalue weighted by atomic mass is 35.5. The van der Waals surface area contributed by atoms with Crippen molar-refractivity contribution in [2.24, 2.45) is 5.73 Å². The van der Waals surface area contributed by atoms with Crippen molar-refractivity contribution >= 4 is 40.4 Å². The van der Waals surface area contributed by atoms with Crippen LogP contribution in [0, 0.1) is 5.82 Å². The molecule has 1 aromatic carbocycles. The molecule has 2 heterocycles. The molecular weight excluding hydrogens is 341 g/mol. The summed E-state index contributed by atoms with van der Waals surface area (Å²) in [5.41, 5.74) is 8.26. The number of hydrogen-bond donors (Lipinski definition) is 2. The van der Waals surface area contributed by atoms with Crippen LogP contribution in [0.25, 0.3) is 11.3 Å². The van der Waals surface area contributed by atoms with Crippen molar-refractivity contribution in [3.8, 4) is 11.3 Å². The van der Waals surface area contributed by atoms with E-state index in [0.717, 1.165) is 0 Å². The van der Waals surface area contributed by atoms with Crippen LogP contribution in [-0.4, -0.2) is 20.9 Å². The van der Waals surface area contributed by atoms with Gasteiger partial charge < -0.3 is 11.1 Å². The number of aromatic nitrogens is 3. The maximum Gasteiger partial charge on any atom is 0.254 e. The topological polar surface area (TPSA) is 93.8 Å². The van der Waals surface area contributed by atoms with Crippen LogP contribution in [-0.2, 0) is 0 Å². The highest BCUT2D eigenvalue weighted by Gasteiger charge is 2.13. The molecule has 9 heteroatoms. The Hall–Kier alpha value is -2.58. The fourth-order valence-corrected chi connectivity index (χ4v) is 2.60. The maximum atomic E-state index is 14.2. The first-order valence-corrected chi connectivity index (χ1v) is 7.64. The highest BCUT2D eigenvalue weighted by Crippen LogP contribution is 2.27. The number of primary amides is 1. The van der Waals surface area contributed by atoms with Crippen molar-refractivity contribution in [2.45, 2.75) is 0 Å². The van der Waals surface area contributed by atoms with E-state index in [4.69, 9.17) is 17.3 Å². The standard InChI is InChI=1S/C14H9ClFN5OS/c15-14-18-4-9(12(17)22)13(21-14)20-7-1-2-8(10(16)3-7)11-5-23-6-19-11/h1-6H,(H2,17,22)(H,18,20,21). The summed E-state index contributed by atoms with van der Waals surface area (Å²) in [4.78, 5) is 23.0. The largest absolute Gasteiger partial charge is 0.365 e. The third-order valence-electron chi connectivity index (χ3n) is 2.96. The number of rotatable bonds is 4. The Morgan fingerprint density at radius 2 is 2.17 bits per heavy atom. The number of carbonyl (C=O) groups excluding carboxylic acids is 1. The average molecular weight is 350 g/mol. The number of benzene rings is 1. The van der Waals surface area contributed by atoms with Crippen LogP contribution in [0.5, 0.6) is 0 Å². The Kier molecular flexibility index (Phi) is 4.18. The van der Waals surface area contributed by atoms with E-state index < -0.39 is 11.7 Å². The number of amides is 1. The molecular formula is C14H9ClFN5OS. The minimum absolute atomic E-state index is 0.0541. The van der Waals surface area contributed by atoms with Gasteiger partial charge in [-0.1, -0.05) is 0 Å². The van der Waals surface area contributed by atoms with Gasteiger partial charge in [0.05, 0.1) is 11.2 Å². The molecule has 116 valence electrons. The molecule has 3 aromatic rings. The van der Waals surface area contributed by atoms with Crippen LogP contribution >= 0.6 is 22.9 Å². The predicted molar refractivity (Wildman–Crippen MR) is 86.4 cm³/mol. The van der Waals surface area contributed by atoms with Crippen molar-refractivity contribution in [3.63, 3.8) is 0 Å². The fourth-order valence-electron chi connectivity index (χ4n) is 1.92. The molecule has 0 saturated carbocycles. The molecule has 0 atom stereocenters. The van der Waals surface area contributed by atoms with Gasteiger partial charge in [0.25, 0.3) is 5.91 Å². The van der Waals surface area contributed by atoms with Gasteiger partial charge >= 0.3 is 0 Å². The zero-order chi connectivity index (χ0) is 16.4. The summed E-state index contributed by atoms with van der Waals surface area (Å²) in [5, 5.41) is 4.51. The molecule has 2 aromatic heterocycles. The minimum atomic E-state index is -0.719. The van der Waals surface area contributed by atoms with Gasteiger partial charge in [0.1, 0.15) is 17.2 Å². The van der Waals surface area contributed by atoms with Crippen molar-refractivity contribution < 1.29 is 9.18 Å². The van der Waals surface area contributed by atoms with E-state index in [2.05, 4.69) is 20.3 Å². The molecule has 6 nitrogen and oxygen atoms in total. The molecule has 0 aliphatic heterocycles. The normalized spacial score (nSPS) is 10.5. The van der Waals surface area contributed by atoms with Gasteiger partial charge in [-0.25, -0.2) is 14.4 Å². The minimum Gasteiger partial charge on any atom is -0.365 e. The molecule has 3 rings (SSSR count). The number of hydrogen-bond acceptors (Lipinski definition) is 6. The van der Waals surface area contributed by atoms with Gasteiger partial charge in [0.2, 0.25) is 5.28 Å². The maximum absolute atomic E-state index is 14.2. The monoisotopic (exact) mass is 349 g/mol. The lowest BCUT2D eigenvalue weighted by molar-refractivity contribution is 0.100. The number of halogens is 2. The molecule has 0 spiro atoms. The molecule has 3 N–H and O–H groups in total. The van der Waals surface area contributed by atoms with Crippen molar-refractivity contribution in [1.29, 1.82) is 0 Å². The third-order valence-corrected chi connectivity index (χ3v) is 3.73. The van der Waals surface area contributed by atoms with E-state index in [0.29, 0.717) is 16.9 Å². The first-order valence-electron chi connectivity index (χ1n) is 6.32. The quantitative estimate of drug-likeness (QED) is 0.705. The summed E-state index contributed by atoms with van der Waals surface area (Å²) >= 11 is 7.10. The number of carbonyl (C=O) groups is 1. The van der Waals surface area contributed by atoms with Gasteiger partial charge in [0, 0.05) is 22.8 Å². The van der Waals surface area contributed by atoms with Gasteiger partial charge in [0.15, 0.2) is 0 Å². The molecule has 0 unspecified atom stereocenters. The van der Waals surface area contributed by atoms with Crippen LogP contribution in [0.3, 0.4) is 0 Å². The Labute approximate surface area is 139 Å². The SMILES string of the molecule is NC(=O)c1cnc(Cl)nc1Nc1ccc(-c2cscn2)c(F)c1. The smallest absolute Gasteiger partial charge is 0.254 e. The fraction of sp³-hybridized carbons (Fsp3) is 0. The Morgan fingerprint density at radius 3 is 2.83 bits per heavy atom.